The largest absolute Gasteiger partial charge is 0.496 e. The molecule has 2 aromatic carbocycles. The molecule has 0 aromatic heterocycles. The molecule has 1 atom stereocenters. The maximum Gasteiger partial charge on any atom is 0.338 e. The molecule has 2 amide bonds. The lowest BCUT2D eigenvalue weighted by Gasteiger charge is -2.16. The molecule has 1 aliphatic carbocycles. The second-order valence-electron chi connectivity index (χ2n) is 7.51. The zero-order valence-corrected chi connectivity index (χ0v) is 17.0. The van der Waals surface area contributed by atoms with Gasteiger partial charge in [0.05, 0.1) is 36.4 Å². The van der Waals surface area contributed by atoms with Crippen molar-refractivity contribution in [2.75, 3.05) is 18.6 Å². The standard InChI is InChI=1S/C23H22N2O6/c1-30-20-5-3-2-4-17(20)19(26)13-31-23(29)14-6-10-16(11-7-14)25-21(27)12-18(22(25)28)24-15-8-9-15/h2-7,10-11,15,18,24H,8-9,12-13H2,1H3. The smallest absolute Gasteiger partial charge is 0.338 e. The molecule has 4 rings (SSSR count). The number of ketones is 1. The first-order chi connectivity index (χ1) is 15.0. The predicted molar refractivity (Wildman–Crippen MR) is 111 cm³/mol. The first-order valence-corrected chi connectivity index (χ1v) is 10.0. The third kappa shape index (κ3) is 4.49. The molecule has 2 aliphatic rings. The molecule has 1 aliphatic heterocycles. The topological polar surface area (TPSA) is 102 Å². The average Bonchev–Trinajstić information content (AvgIpc) is 3.56. The molecule has 2 fully saturated rings. The molecule has 1 N–H and O–H groups in total. The number of anilines is 1. The Morgan fingerprint density at radius 1 is 1.06 bits per heavy atom. The molecule has 160 valence electrons. The fourth-order valence-electron chi connectivity index (χ4n) is 3.48. The van der Waals surface area contributed by atoms with E-state index in [1.807, 2.05) is 0 Å². The molecule has 8 heteroatoms. The molecule has 1 saturated carbocycles. The summed E-state index contributed by atoms with van der Waals surface area (Å²) in [5.74, 6) is -1.22. The van der Waals surface area contributed by atoms with E-state index in [1.54, 1.807) is 24.3 Å². The van der Waals surface area contributed by atoms with Crippen LogP contribution in [0.15, 0.2) is 48.5 Å². The fourth-order valence-corrected chi connectivity index (χ4v) is 3.48. The summed E-state index contributed by atoms with van der Waals surface area (Å²) in [4.78, 5) is 50.7. The third-order valence-corrected chi connectivity index (χ3v) is 5.26. The van der Waals surface area contributed by atoms with Crippen molar-refractivity contribution in [3.8, 4) is 5.75 Å². The number of hydrogen-bond donors (Lipinski definition) is 1. The van der Waals surface area contributed by atoms with Gasteiger partial charge < -0.3 is 14.8 Å². The zero-order chi connectivity index (χ0) is 22.0. The van der Waals surface area contributed by atoms with Gasteiger partial charge in [-0.25, -0.2) is 9.69 Å². The van der Waals surface area contributed by atoms with Crippen molar-refractivity contribution in [2.24, 2.45) is 0 Å². The molecule has 0 spiro atoms. The Morgan fingerprint density at radius 3 is 2.45 bits per heavy atom. The molecule has 1 heterocycles. The number of rotatable bonds is 8. The number of para-hydroxylation sites is 1. The van der Waals surface area contributed by atoms with Gasteiger partial charge in [0.15, 0.2) is 6.61 Å². The number of nitrogens with one attached hydrogen (secondary N) is 1. The summed E-state index contributed by atoms with van der Waals surface area (Å²) in [7, 11) is 1.46. The van der Waals surface area contributed by atoms with Crippen molar-refractivity contribution >= 4 is 29.3 Å². The Kier molecular flexibility index (Phi) is 5.81. The minimum Gasteiger partial charge on any atom is -0.496 e. The molecule has 0 radical (unpaired) electrons. The van der Waals surface area contributed by atoms with Gasteiger partial charge in [0.1, 0.15) is 5.75 Å². The fraction of sp³-hybridized carbons (Fsp3) is 0.304. The number of nitrogens with zero attached hydrogens (tertiary/aromatic N) is 1. The van der Waals surface area contributed by atoms with E-state index in [4.69, 9.17) is 9.47 Å². The van der Waals surface area contributed by atoms with Crippen molar-refractivity contribution in [1.29, 1.82) is 0 Å². The van der Waals surface area contributed by atoms with E-state index < -0.39 is 18.6 Å². The van der Waals surface area contributed by atoms with Crippen LogP contribution in [0.25, 0.3) is 0 Å². The molecule has 0 bridgehead atoms. The van der Waals surface area contributed by atoms with Crippen LogP contribution in [0.2, 0.25) is 0 Å². The van der Waals surface area contributed by atoms with E-state index in [0.29, 0.717) is 23.0 Å². The van der Waals surface area contributed by atoms with Gasteiger partial charge in [-0.2, -0.15) is 0 Å². The van der Waals surface area contributed by atoms with E-state index in [0.717, 1.165) is 17.7 Å². The number of methoxy groups -OCH3 is 1. The number of imide groups is 1. The van der Waals surface area contributed by atoms with E-state index in [9.17, 15) is 19.2 Å². The SMILES string of the molecule is COc1ccccc1C(=O)COC(=O)c1ccc(N2C(=O)CC(NC3CC3)C2=O)cc1. The molecular formula is C23H22N2O6. The molecule has 31 heavy (non-hydrogen) atoms. The Labute approximate surface area is 179 Å². The van der Waals surface area contributed by atoms with Gasteiger partial charge in [0.25, 0.3) is 5.91 Å². The molecule has 2 aromatic rings. The van der Waals surface area contributed by atoms with E-state index >= 15 is 0 Å². The van der Waals surface area contributed by atoms with Gasteiger partial charge in [-0.05, 0) is 49.2 Å². The molecule has 1 unspecified atom stereocenters. The summed E-state index contributed by atoms with van der Waals surface area (Å²) in [6, 6.07) is 12.5. The minimum atomic E-state index is -0.679. The van der Waals surface area contributed by atoms with Gasteiger partial charge in [-0.3, -0.25) is 14.4 Å². The Morgan fingerprint density at radius 2 is 1.77 bits per heavy atom. The lowest BCUT2D eigenvalue weighted by atomic mass is 10.1. The van der Waals surface area contributed by atoms with Crippen LogP contribution in [0.5, 0.6) is 5.75 Å². The second kappa shape index (κ2) is 8.69. The average molecular weight is 422 g/mol. The lowest BCUT2D eigenvalue weighted by molar-refractivity contribution is -0.121. The van der Waals surface area contributed by atoms with E-state index in [-0.39, 0.29) is 29.6 Å². The number of amides is 2. The number of benzene rings is 2. The van der Waals surface area contributed by atoms with Crippen LogP contribution in [0.4, 0.5) is 5.69 Å². The highest BCUT2D eigenvalue weighted by atomic mass is 16.5. The summed E-state index contributed by atoms with van der Waals surface area (Å²) < 4.78 is 10.3. The Hall–Kier alpha value is -3.52. The van der Waals surface area contributed by atoms with Gasteiger partial charge >= 0.3 is 5.97 Å². The van der Waals surface area contributed by atoms with Crippen LogP contribution in [-0.2, 0) is 14.3 Å². The number of Topliss-reactive ketones (excluding diaryl/α,β-unsaturated/α-hetero) is 1. The second-order valence-corrected chi connectivity index (χ2v) is 7.51. The summed E-state index contributed by atoms with van der Waals surface area (Å²) in [5.41, 5.74) is 0.939. The summed E-state index contributed by atoms with van der Waals surface area (Å²) in [5, 5.41) is 3.18. The van der Waals surface area contributed by atoms with Crippen molar-refractivity contribution < 1.29 is 28.7 Å². The van der Waals surface area contributed by atoms with Gasteiger partial charge in [-0.1, -0.05) is 12.1 Å². The molecular weight excluding hydrogens is 400 g/mol. The highest BCUT2D eigenvalue weighted by Crippen LogP contribution is 2.27. The van der Waals surface area contributed by atoms with Gasteiger partial charge in [0.2, 0.25) is 11.7 Å². The molecule has 8 nitrogen and oxygen atoms in total. The first kappa shape index (κ1) is 20.7. The minimum absolute atomic E-state index is 0.129. The Balaban J connectivity index is 1.37. The van der Waals surface area contributed by atoms with Gasteiger partial charge in [0, 0.05) is 6.04 Å². The maximum atomic E-state index is 12.6. The number of esters is 1. The first-order valence-electron chi connectivity index (χ1n) is 10.0. The van der Waals surface area contributed by atoms with E-state index in [2.05, 4.69) is 5.32 Å². The van der Waals surface area contributed by atoms with Crippen molar-refractivity contribution in [3.63, 3.8) is 0 Å². The Bertz CT molecular complexity index is 1030. The van der Waals surface area contributed by atoms with Crippen molar-refractivity contribution in [1.82, 2.24) is 5.32 Å². The predicted octanol–water partition coefficient (Wildman–Crippen LogP) is 2.12. The summed E-state index contributed by atoms with van der Waals surface area (Å²) in [6.45, 7) is -0.432. The summed E-state index contributed by atoms with van der Waals surface area (Å²) >= 11 is 0. The van der Waals surface area contributed by atoms with Crippen LogP contribution in [0.1, 0.15) is 40.0 Å². The number of carbonyl (C=O) groups is 4. The maximum absolute atomic E-state index is 12.6. The van der Waals surface area contributed by atoms with Crippen molar-refractivity contribution in [3.05, 3.63) is 59.7 Å². The van der Waals surface area contributed by atoms with Crippen LogP contribution in [0, 0.1) is 0 Å². The quantitative estimate of drug-likeness (QED) is 0.395. The summed E-state index contributed by atoms with van der Waals surface area (Å²) in [6.07, 6.45) is 2.17. The lowest BCUT2D eigenvalue weighted by Crippen LogP contribution is -2.39. The van der Waals surface area contributed by atoms with Crippen molar-refractivity contribution in [2.45, 2.75) is 31.3 Å². The highest BCUT2D eigenvalue weighted by Gasteiger charge is 2.41. The van der Waals surface area contributed by atoms with Crippen LogP contribution in [-0.4, -0.2) is 49.4 Å². The number of hydrogen-bond acceptors (Lipinski definition) is 7. The normalized spacial score (nSPS) is 18.2. The third-order valence-electron chi connectivity index (χ3n) is 5.26. The van der Waals surface area contributed by atoms with Crippen LogP contribution < -0.4 is 15.0 Å². The van der Waals surface area contributed by atoms with Crippen LogP contribution in [0.3, 0.4) is 0 Å². The number of carbonyl (C=O) groups excluding carboxylic acids is 4. The number of ether oxygens (including phenoxy) is 2. The van der Waals surface area contributed by atoms with Gasteiger partial charge in [-0.15, -0.1) is 0 Å². The van der Waals surface area contributed by atoms with E-state index in [1.165, 1.54) is 31.4 Å². The molecule has 1 saturated heterocycles. The monoisotopic (exact) mass is 422 g/mol. The zero-order valence-electron chi connectivity index (χ0n) is 17.0. The van der Waals surface area contributed by atoms with Crippen LogP contribution >= 0.6 is 0 Å². The highest BCUT2D eigenvalue weighted by molar-refractivity contribution is 6.22.